The van der Waals surface area contributed by atoms with E-state index >= 15 is 0 Å². The summed E-state index contributed by atoms with van der Waals surface area (Å²) in [5, 5.41) is 0. The fourth-order valence-corrected chi connectivity index (χ4v) is 4.17. The van der Waals surface area contributed by atoms with Crippen molar-refractivity contribution in [3.05, 3.63) is 83.4 Å². The SMILES string of the molecule is Cc1cc(C)c(S(=O)(=O)Nc2ccc(-c3ccccc3)cc2)cc1C. The van der Waals surface area contributed by atoms with Crippen molar-refractivity contribution in [2.75, 3.05) is 4.72 Å². The molecule has 0 saturated carbocycles. The van der Waals surface area contributed by atoms with E-state index in [0.717, 1.165) is 27.8 Å². The molecule has 3 aromatic carbocycles. The van der Waals surface area contributed by atoms with Crippen LogP contribution in [0.15, 0.2) is 71.6 Å². The van der Waals surface area contributed by atoms with E-state index in [2.05, 4.69) is 4.72 Å². The summed E-state index contributed by atoms with van der Waals surface area (Å²) in [6.45, 7) is 5.72. The Morgan fingerprint density at radius 3 is 1.88 bits per heavy atom. The number of hydrogen-bond donors (Lipinski definition) is 1. The van der Waals surface area contributed by atoms with Crippen LogP contribution in [0.25, 0.3) is 11.1 Å². The van der Waals surface area contributed by atoms with Crippen LogP contribution < -0.4 is 4.72 Å². The number of rotatable bonds is 4. The summed E-state index contributed by atoms with van der Waals surface area (Å²) in [4.78, 5) is 0.322. The first-order chi connectivity index (χ1) is 11.9. The molecule has 0 aliphatic heterocycles. The fourth-order valence-electron chi connectivity index (χ4n) is 2.80. The van der Waals surface area contributed by atoms with Gasteiger partial charge in [0.2, 0.25) is 0 Å². The van der Waals surface area contributed by atoms with Crippen molar-refractivity contribution in [2.45, 2.75) is 25.7 Å². The summed E-state index contributed by atoms with van der Waals surface area (Å²) in [7, 11) is -3.61. The van der Waals surface area contributed by atoms with Crippen LogP contribution in [-0.4, -0.2) is 8.42 Å². The van der Waals surface area contributed by atoms with E-state index in [-0.39, 0.29) is 0 Å². The fraction of sp³-hybridized carbons (Fsp3) is 0.143. The molecule has 0 aliphatic carbocycles. The van der Waals surface area contributed by atoms with E-state index in [4.69, 9.17) is 0 Å². The zero-order valence-corrected chi connectivity index (χ0v) is 15.4. The molecule has 4 heteroatoms. The van der Waals surface area contributed by atoms with Crippen LogP contribution in [0, 0.1) is 20.8 Å². The van der Waals surface area contributed by atoms with Crippen LogP contribution in [0.3, 0.4) is 0 Å². The molecule has 0 heterocycles. The number of nitrogens with one attached hydrogen (secondary N) is 1. The highest BCUT2D eigenvalue weighted by Crippen LogP contribution is 2.25. The van der Waals surface area contributed by atoms with Gasteiger partial charge in [-0.05, 0) is 66.8 Å². The predicted molar refractivity (Wildman–Crippen MR) is 103 cm³/mol. The van der Waals surface area contributed by atoms with Crippen LogP contribution in [0.1, 0.15) is 16.7 Å². The van der Waals surface area contributed by atoms with Gasteiger partial charge in [0.25, 0.3) is 10.0 Å². The average molecular weight is 351 g/mol. The van der Waals surface area contributed by atoms with Gasteiger partial charge in [-0.3, -0.25) is 4.72 Å². The normalized spacial score (nSPS) is 11.3. The Morgan fingerprint density at radius 2 is 1.24 bits per heavy atom. The standard InChI is InChI=1S/C21H21NO2S/c1-15-13-17(3)21(14-16(15)2)25(23,24)22-20-11-9-19(10-12-20)18-7-5-4-6-8-18/h4-14,22H,1-3H3. The molecule has 0 spiro atoms. The maximum absolute atomic E-state index is 12.7. The van der Waals surface area contributed by atoms with Gasteiger partial charge in [0.15, 0.2) is 0 Å². The molecule has 0 atom stereocenters. The molecule has 128 valence electrons. The second-order valence-corrected chi connectivity index (χ2v) is 7.90. The topological polar surface area (TPSA) is 46.2 Å². The molecule has 3 rings (SSSR count). The van der Waals surface area contributed by atoms with Gasteiger partial charge in [0.1, 0.15) is 0 Å². The minimum atomic E-state index is -3.61. The lowest BCUT2D eigenvalue weighted by molar-refractivity contribution is 0.600. The number of sulfonamides is 1. The first kappa shape index (κ1) is 17.2. The highest BCUT2D eigenvalue weighted by molar-refractivity contribution is 7.92. The zero-order valence-electron chi connectivity index (χ0n) is 14.6. The predicted octanol–water partition coefficient (Wildman–Crippen LogP) is 5.08. The molecule has 0 aromatic heterocycles. The average Bonchev–Trinajstić information content (AvgIpc) is 2.59. The molecule has 3 aromatic rings. The molecule has 3 nitrogen and oxygen atoms in total. The van der Waals surface area contributed by atoms with Crippen molar-refractivity contribution in [1.82, 2.24) is 0 Å². The van der Waals surface area contributed by atoms with E-state index in [0.29, 0.717) is 10.6 Å². The largest absolute Gasteiger partial charge is 0.280 e. The quantitative estimate of drug-likeness (QED) is 0.712. The van der Waals surface area contributed by atoms with Crippen LogP contribution >= 0.6 is 0 Å². The lowest BCUT2D eigenvalue weighted by Gasteiger charge is -2.13. The Balaban J connectivity index is 1.88. The molecule has 0 fully saturated rings. The number of aryl methyl sites for hydroxylation is 3. The minimum Gasteiger partial charge on any atom is -0.280 e. The number of anilines is 1. The van der Waals surface area contributed by atoms with Crippen molar-refractivity contribution in [2.24, 2.45) is 0 Å². The van der Waals surface area contributed by atoms with Crippen LogP contribution in [0.4, 0.5) is 5.69 Å². The van der Waals surface area contributed by atoms with Gasteiger partial charge in [0.05, 0.1) is 4.90 Å². The highest BCUT2D eigenvalue weighted by Gasteiger charge is 2.18. The van der Waals surface area contributed by atoms with Crippen molar-refractivity contribution < 1.29 is 8.42 Å². The van der Waals surface area contributed by atoms with Gasteiger partial charge < -0.3 is 0 Å². The summed E-state index contributed by atoms with van der Waals surface area (Å²) < 4.78 is 28.1. The van der Waals surface area contributed by atoms with Crippen LogP contribution in [0.5, 0.6) is 0 Å². The Kier molecular flexibility index (Phi) is 4.64. The summed E-state index contributed by atoms with van der Waals surface area (Å²) in [6, 6.07) is 21.0. The van der Waals surface area contributed by atoms with Crippen LogP contribution in [0.2, 0.25) is 0 Å². The molecule has 0 bridgehead atoms. The maximum Gasteiger partial charge on any atom is 0.262 e. The van der Waals surface area contributed by atoms with Gasteiger partial charge >= 0.3 is 0 Å². The molecule has 0 saturated heterocycles. The molecule has 0 amide bonds. The third-order valence-corrected chi connectivity index (χ3v) is 5.85. The first-order valence-electron chi connectivity index (χ1n) is 8.13. The zero-order chi connectivity index (χ0) is 18.0. The molecule has 1 N–H and O–H groups in total. The van der Waals surface area contributed by atoms with E-state index in [1.54, 1.807) is 18.2 Å². The second-order valence-electron chi connectivity index (χ2n) is 6.25. The van der Waals surface area contributed by atoms with Crippen molar-refractivity contribution >= 4 is 15.7 Å². The Morgan fingerprint density at radius 1 is 0.680 bits per heavy atom. The first-order valence-corrected chi connectivity index (χ1v) is 9.61. The van der Waals surface area contributed by atoms with E-state index in [9.17, 15) is 8.42 Å². The second kappa shape index (κ2) is 6.73. The molecule has 0 aliphatic rings. The van der Waals surface area contributed by atoms with E-state index < -0.39 is 10.0 Å². The summed E-state index contributed by atoms with van der Waals surface area (Å²) in [5.74, 6) is 0. The van der Waals surface area contributed by atoms with Gasteiger partial charge in [-0.25, -0.2) is 8.42 Å². The van der Waals surface area contributed by atoms with Gasteiger partial charge in [-0.15, -0.1) is 0 Å². The summed E-state index contributed by atoms with van der Waals surface area (Å²) in [6.07, 6.45) is 0. The Hall–Kier alpha value is -2.59. The van der Waals surface area contributed by atoms with E-state index in [1.807, 2.05) is 69.3 Å². The monoisotopic (exact) mass is 351 g/mol. The number of benzene rings is 3. The molecule has 0 unspecified atom stereocenters. The van der Waals surface area contributed by atoms with Crippen LogP contribution in [-0.2, 0) is 10.0 Å². The molecular formula is C21H21NO2S. The smallest absolute Gasteiger partial charge is 0.262 e. The minimum absolute atomic E-state index is 0.322. The molecule has 25 heavy (non-hydrogen) atoms. The molecule has 0 radical (unpaired) electrons. The molecular weight excluding hydrogens is 330 g/mol. The maximum atomic E-state index is 12.7. The van der Waals surface area contributed by atoms with Gasteiger partial charge in [0, 0.05) is 5.69 Å². The third kappa shape index (κ3) is 3.74. The Labute approximate surface area is 149 Å². The summed E-state index contributed by atoms with van der Waals surface area (Å²) in [5.41, 5.74) is 5.50. The van der Waals surface area contributed by atoms with E-state index in [1.165, 1.54) is 0 Å². The number of hydrogen-bond acceptors (Lipinski definition) is 2. The highest BCUT2D eigenvalue weighted by atomic mass is 32.2. The van der Waals surface area contributed by atoms with Crippen molar-refractivity contribution in [3.8, 4) is 11.1 Å². The van der Waals surface area contributed by atoms with Crippen molar-refractivity contribution in [3.63, 3.8) is 0 Å². The third-order valence-electron chi connectivity index (χ3n) is 4.33. The Bertz CT molecular complexity index is 992. The lowest BCUT2D eigenvalue weighted by atomic mass is 10.1. The lowest BCUT2D eigenvalue weighted by Crippen LogP contribution is -2.14. The summed E-state index contributed by atoms with van der Waals surface area (Å²) >= 11 is 0. The van der Waals surface area contributed by atoms with Gasteiger partial charge in [-0.2, -0.15) is 0 Å². The van der Waals surface area contributed by atoms with Crippen molar-refractivity contribution in [1.29, 1.82) is 0 Å². The van der Waals surface area contributed by atoms with Gasteiger partial charge in [-0.1, -0.05) is 48.5 Å².